The summed E-state index contributed by atoms with van der Waals surface area (Å²) in [7, 11) is 0. The summed E-state index contributed by atoms with van der Waals surface area (Å²) in [6.45, 7) is 5.88. The normalized spacial score (nSPS) is 25.9. The summed E-state index contributed by atoms with van der Waals surface area (Å²) in [5.41, 5.74) is 0.604. The van der Waals surface area contributed by atoms with Crippen LogP contribution in [0.15, 0.2) is 24.3 Å². The molecular weight excluding hydrogens is 378 g/mol. The molecule has 3 saturated heterocycles. The Labute approximate surface area is 167 Å². The van der Waals surface area contributed by atoms with E-state index in [1.54, 1.807) is 24.3 Å². The number of fused-ring (bicyclic) bond motifs is 3. The minimum absolute atomic E-state index is 0.0546. The third-order valence-electron chi connectivity index (χ3n) is 5.49. The number of anilines is 1. The van der Waals surface area contributed by atoms with Crippen LogP contribution in [-0.4, -0.2) is 52.1 Å². The van der Waals surface area contributed by atoms with Gasteiger partial charge in [0.15, 0.2) is 0 Å². The minimum atomic E-state index is -0.213. The van der Waals surface area contributed by atoms with Crippen molar-refractivity contribution in [3.8, 4) is 10.9 Å². The van der Waals surface area contributed by atoms with E-state index in [1.165, 1.54) is 6.92 Å². The highest BCUT2D eigenvalue weighted by Gasteiger charge is 2.40. The quantitative estimate of drug-likeness (QED) is 0.799. The van der Waals surface area contributed by atoms with Crippen molar-refractivity contribution >= 4 is 28.3 Å². The van der Waals surface area contributed by atoms with Crippen LogP contribution in [0.5, 0.6) is 10.9 Å². The van der Waals surface area contributed by atoms with Gasteiger partial charge in [-0.1, -0.05) is 5.10 Å². The van der Waals surface area contributed by atoms with Gasteiger partial charge in [0.1, 0.15) is 5.75 Å². The Bertz CT molecular complexity index is 859. The van der Waals surface area contributed by atoms with Gasteiger partial charge in [-0.25, -0.2) is 0 Å². The van der Waals surface area contributed by atoms with Crippen molar-refractivity contribution in [1.82, 2.24) is 20.4 Å². The Balaban J connectivity index is 1.37. The molecule has 9 heteroatoms. The van der Waals surface area contributed by atoms with Gasteiger partial charge >= 0.3 is 5.19 Å². The van der Waals surface area contributed by atoms with Crippen molar-refractivity contribution < 1.29 is 14.3 Å². The zero-order valence-corrected chi connectivity index (χ0v) is 16.7. The standard InChI is InChI=1S/C19H23N5O3S/c1-11-16(13-7-9-24(11)10-8-13)21-17(26)14-3-5-15(6-4-14)27-19-23-22-18(28-19)20-12(2)25/h3-6,11,13,16H,7-10H2,1-2H3,(H,21,26)(H,20,22,25)/t11-,16+/m1/s1. The van der Waals surface area contributed by atoms with Crippen molar-refractivity contribution in [2.45, 2.75) is 38.8 Å². The molecule has 5 rings (SSSR count). The Morgan fingerprint density at radius 1 is 1.18 bits per heavy atom. The predicted molar refractivity (Wildman–Crippen MR) is 106 cm³/mol. The van der Waals surface area contributed by atoms with Crippen molar-refractivity contribution in [2.24, 2.45) is 5.92 Å². The number of benzene rings is 1. The minimum Gasteiger partial charge on any atom is -0.430 e. The summed E-state index contributed by atoms with van der Waals surface area (Å²) in [4.78, 5) is 26.2. The van der Waals surface area contributed by atoms with Crippen molar-refractivity contribution in [1.29, 1.82) is 0 Å². The molecule has 0 aliphatic carbocycles. The van der Waals surface area contributed by atoms with Crippen LogP contribution in [-0.2, 0) is 4.79 Å². The number of piperidine rings is 3. The molecule has 1 aromatic heterocycles. The van der Waals surface area contributed by atoms with Crippen LogP contribution in [0.2, 0.25) is 0 Å². The van der Waals surface area contributed by atoms with Gasteiger partial charge in [0.25, 0.3) is 5.91 Å². The first kappa shape index (κ1) is 18.8. The lowest BCUT2D eigenvalue weighted by Gasteiger charge is -2.49. The summed E-state index contributed by atoms with van der Waals surface area (Å²) < 4.78 is 5.64. The van der Waals surface area contributed by atoms with Gasteiger partial charge in [0, 0.05) is 24.6 Å². The van der Waals surface area contributed by atoms with Crippen LogP contribution >= 0.6 is 11.3 Å². The van der Waals surface area contributed by atoms with Gasteiger partial charge in [-0.15, -0.1) is 5.10 Å². The maximum Gasteiger partial charge on any atom is 0.301 e. The van der Waals surface area contributed by atoms with Crippen LogP contribution in [0, 0.1) is 5.92 Å². The van der Waals surface area contributed by atoms with E-state index in [0.29, 0.717) is 33.6 Å². The second kappa shape index (κ2) is 7.84. The summed E-state index contributed by atoms with van der Waals surface area (Å²) in [6.07, 6.45) is 2.31. The summed E-state index contributed by atoms with van der Waals surface area (Å²) in [5.74, 6) is 0.858. The number of carbonyl (C=O) groups is 2. The fraction of sp³-hybridized carbons (Fsp3) is 0.474. The van der Waals surface area contributed by atoms with E-state index in [4.69, 9.17) is 4.74 Å². The number of ether oxygens (including phenoxy) is 1. The van der Waals surface area contributed by atoms with Gasteiger partial charge in [0.2, 0.25) is 11.0 Å². The van der Waals surface area contributed by atoms with Gasteiger partial charge in [-0.3, -0.25) is 14.5 Å². The predicted octanol–water partition coefficient (Wildman–Crippen LogP) is 2.50. The number of rotatable bonds is 5. The molecule has 3 aliphatic heterocycles. The van der Waals surface area contributed by atoms with Crippen LogP contribution in [0.1, 0.15) is 37.0 Å². The molecule has 4 heterocycles. The Morgan fingerprint density at radius 2 is 1.89 bits per heavy atom. The average molecular weight is 401 g/mol. The van der Waals surface area contributed by atoms with Crippen LogP contribution < -0.4 is 15.4 Å². The molecule has 3 fully saturated rings. The van der Waals surface area contributed by atoms with Crippen LogP contribution in [0.3, 0.4) is 0 Å². The Kier molecular flexibility index (Phi) is 5.27. The summed E-state index contributed by atoms with van der Waals surface area (Å²) in [6, 6.07) is 7.54. The molecule has 2 N–H and O–H groups in total. The number of hydrogen-bond donors (Lipinski definition) is 2. The first-order valence-electron chi connectivity index (χ1n) is 9.43. The smallest absolute Gasteiger partial charge is 0.301 e. The van der Waals surface area contributed by atoms with E-state index in [-0.39, 0.29) is 17.9 Å². The maximum atomic E-state index is 12.7. The van der Waals surface area contributed by atoms with Crippen molar-refractivity contribution in [3.05, 3.63) is 29.8 Å². The maximum absolute atomic E-state index is 12.7. The molecule has 0 spiro atoms. The average Bonchev–Trinajstić information content (AvgIpc) is 3.11. The van der Waals surface area contributed by atoms with E-state index in [0.717, 1.165) is 37.3 Å². The Morgan fingerprint density at radius 3 is 2.54 bits per heavy atom. The van der Waals surface area contributed by atoms with Gasteiger partial charge in [-0.05, 0) is 74.4 Å². The molecule has 2 bridgehead atoms. The van der Waals surface area contributed by atoms with Crippen LogP contribution in [0.25, 0.3) is 0 Å². The number of carbonyl (C=O) groups excluding carboxylic acids is 2. The highest BCUT2D eigenvalue weighted by Crippen LogP contribution is 2.32. The molecule has 148 valence electrons. The van der Waals surface area contributed by atoms with Gasteiger partial charge in [-0.2, -0.15) is 0 Å². The molecule has 0 radical (unpaired) electrons. The first-order valence-corrected chi connectivity index (χ1v) is 10.2. The van der Waals surface area contributed by atoms with Crippen LogP contribution in [0.4, 0.5) is 5.13 Å². The second-order valence-corrected chi connectivity index (χ2v) is 8.23. The number of amides is 2. The SMILES string of the molecule is CC(=O)Nc1nnc(Oc2ccc(C(=O)N[C@@H]3C4CCN(CC4)[C@@H]3C)cc2)s1. The second-order valence-electron chi connectivity index (χ2n) is 7.29. The number of nitrogens with one attached hydrogen (secondary N) is 2. The lowest BCUT2D eigenvalue weighted by molar-refractivity contribution is -0.114. The number of hydrogen-bond acceptors (Lipinski definition) is 7. The lowest BCUT2D eigenvalue weighted by Crippen LogP contribution is -2.62. The van der Waals surface area contributed by atoms with E-state index in [1.807, 2.05) is 0 Å². The molecule has 3 aliphatic rings. The Hall–Kier alpha value is -2.52. The molecule has 8 nitrogen and oxygen atoms in total. The molecule has 0 saturated carbocycles. The molecule has 0 unspecified atom stereocenters. The van der Waals surface area contributed by atoms with Gasteiger partial charge in [0.05, 0.1) is 0 Å². The number of aromatic nitrogens is 2. The zero-order valence-electron chi connectivity index (χ0n) is 15.8. The third-order valence-corrected chi connectivity index (χ3v) is 6.20. The molecular formula is C19H23N5O3S. The van der Waals surface area contributed by atoms with E-state index in [9.17, 15) is 9.59 Å². The van der Waals surface area contributed by atoms with Crippen molar-refractivity contribution in [2.75, 3.05) is 18.4 Å². The monoisotopic (exact) mass is 401 g/mol. The summed E-state index contributed by atoms with van der Waals surface area (Å²) in [5, 5.41) is 14.2. The van der Waals surface area contributed by atoms with Crippen molar-refractivity contribution in [3.63, 3.8) is 0 Å². The molecule has 2 amide bonds. The molecule has 28 heavy (non-hydrogen) atoms. The summed E-state index contributed by atoms with van der Waals surface area (Å²) >= 11 is 1.14. The largest absolute Gasteiger partial charge is 0.430 e. The number of nitrogens with zero attached hydrogens (tertiary/aromatic N) is 3. The highest BCUT2D eigenvalue weighted by atomic mass is 32.1. The molecule has 1 aromatic carbocycles. The van der Waals surface area contributed by atoms with E-state index < -0.39 is 0 Å². The van der Waals surface area contributed by atoms with Gasteiger partial charge < -0.3 is 15.4 Å². The lowest BCUT2D eigenvalue weighted by atomic mass is 9.79. The zero-order chi connectivity index (χ0) is 19.7. The molecule has 2 atom stereocenters. The fourth-order valence-corrected chi connectivity index (χ4v) is 4.67. The van der Waals surface area contributed by atoms with E-state index in [2.05, 4.69) is 32.7 Å². The third kappa shape index (κ3) is 4.00. The first-order chi connectivity index (χ1) is 13.5. The highest BCUT2D eigenvalue weighted by molar-refractivity contribution is 7.17. The topological polar surface area (TPSA) is 96.5 Å². The fourth-order valence-electron chi connectivity index (χ4n) is 4.01. The molecule has 2 aromatic rings. The van der Waals surface area contributed by atoms with E-state index >= 15 is 0 Å².